The third kappa shape index (κ3) is 2.89. The van der Waals surface area contributed by atoms with Gasteiger partial charge in [-0.1, -0.05) is 48.5 Å². The summed E-state index contributed by atoms with van der Waals surface area (Å²) in [5.41, 5.74) is 3.12. The molecule has 1 amide bonds. The van der Waals surface area contributed by atoms with E-state index < -0.39 is 0 Å². The van der Waals surface area contributed by atoms with Crippen molar-refractivity contribution in [2.45, 2.75) is 19.0 Å². The first-order chi connectivity index (χ1) is 9.83. The molecule has 1 aliphatic heterocycles. The van der Waals surface area contributed by atoms with Crippen molar-refractivity contribution in [3.63, 3.8) is 0 Å². The lowest BCUT2D eigenvalue weighted by atomic mass is 10.0. The van der Waals surface area contributed by atoms with E-state index in [1.807, 2.05) is 42.5 Å². The van der Waals surface area contributed by atoms with Crippen LogP contribution in [0.1, 0.15) is 21.5 Å². The molecule has 0 fully saturated rings. The molecule has 2 aromatic carbocycles. The molecule has 3 rings (SSSR count). The summed E-state index contributed by atoms with van der Waals surface area (Å²) in [6, 6.07) is 18.4. The van der Waals surface area contributed by atoms with Crippen LogP contribution in [0.2, 0.25) is 0 Å². The highest BCUT2D eigenvalue weighted by Gasteiger charge is 2.18. The highest BCUT2D eigenvalue weighted by Crippen LogP contribution is 2.12. The van der Waals surface area contributed by atoms with Gasteiger partial charge in [-0.25, -0.2) is 0 Å². The van der Waals surface area contributed by atoms with Crippen LogP contribution < -0.4 is 10.6 Å². The highest BCUT2D eigenvalue weighted by molar-refractivity contribution is 5.95. The Labute approximate surface area is 119 Å². The monoisotopic (exact) mass is 266 g/mol. The van der Waals surface area contributed by atoms with Crippen LogP contribution in [0.5, 0.6) is 0 Å². The average molecular weight is 266 g/mol. The molecule has 0 bridgehead atoms. The van der Waals surface area contributed by atoms with Crippen LogP contribution >= 0.6 is 0 Å². The largest absolute Gasteiger partial charge is 0.350 e. The van der Waals surface area contributed by atoms with Crippen LogP contribution in [0.4, 0.5) is 0 Å². The van der Waals surface area contributed by atoms with Crippen molar-refractivity contribution in [3.8, 4) is 0 Å². The van der Waals surface area contributed by atoms with Gasteiger partial charge in [-0.15, -0.1) is 0 Å². The lowest BCUT2D eigenvalue weighted by molar-refractivity contribution is 0.0945. The van der Waals surface area contributed by atoms with Crippen molar-refractivity contribution < 1.29 is 4.79 Å². The summed E-state index contributed by atoms with van der Waals surface area (Å²) in [6.45, 7) is 1.39. The van der Waals surface area contributed by atoms with Gasteiger partial charge in [-0.3, -0.25) is 4.79 Å². The molecule has 20 heavy (non-hydrogen) atoms. The molecular weight excluding hydrogens is 248 g/mol. The number of hydrogen-bond acceptors (Lipinski definition) is 2. The number of benzene rings is 2. The maximum absolute atomic E-state index is 12.1. The highest BCUT2D eigenvalue weighted by atomic mass is 16.1. The van der Waals surface area contributed by atoms with E-state index in [0.29, 0.717) is 6.54 Å². The first-order valence-corrected chi connectivity index (χ1v) is 6.96. The van der Waals surface area contributed by atoms with Crippen molar-refractivity contribution in [2.75, 3.05) is 6.54 Å². The zero-order valence-corrected chi connectivity index (χ0v) is 11.3. The fourth-order valence-electron chi connectivity index (χ4n) is 2.58. The third-order valence-corrected chi connectivity index (χ3v) is 3.68. The third-order valence-electron chi connectivity index (χ3n) is 3.68. The van der Waals surface area contributed by atoms with Crippen LogP contribution in [-0.4, -0.2) is 18.5 Å². The molecule has 2 aromatic rings. The molecule has 0 saturated carbocycles. The fraction of sp³-hybridized carbons (Fsp3) is 0.235. The van der Waals surface area contributed by atoms with E-state index in [1.54, 1.807) is 0 Å². The molecule has 2 N–H and O–H groups in total. The topological polar surface area (TPSA) is 41.1 Å². The van der Waals surface area contributed by atoms with Crippen molar-refractivity contribution in [1.82, 2.24) is 10.6 Å². The van der Waals surface area contributed by atoms with Gasteiger partial charge in [0, 0.05) is 24.7 Å². The number of carbonyl (C=O) groups excluding carboxylic acids is 1. The Morgan fingerprint density at radius 3 is 2.60 bits per heavy atom. The lowest BCUT2D eigenvalue weighted by Crippen LogP contribution is -2.44. The maximum Gasteiger partial charge on any atom is 0.251 e. The summed E-state index contributed by atoms with van der Waals surface area (Å²) < 4.78 is 0. The van der Waals surface area contributed by atoms with Gasteiger partial charge in [0.1, 0.15) is 0 Å². The second-order valence-electron chi connectivity index (χ2n) is 5.13. The van der Waals surface area contributed by atoms with Gasteiger partial charge in [0.15, 0.2) is 0 Å². The van der Waals surface area contributed by atoms with E-state index in [1.165, 1.54) is 5.56 Å². The number of carbonyl (C=O) groups is 1. The summed E-state index contributed by atoms with van der Waals surface area (Å²) in [4.78, 5) is 12.1. The van der Waals surface area contributed by atoms with Crippen molar-refractivity contribution in [2.24, 2.45) is 0 Å². The van der Waals surface area contributed by atoms with Crippen molar-refractivity contribution >= 4 is 5.91 Å². The van der Waals surface area contributed by atoms with Crippen LogP contribution in [0.3, 0.4) is 0 Å². The minimum absolute atomic E-state index is 0.0279. The number of fused-ring (bicyclic) bond motifs is 1. The molecule has 102 valence electrons. The summed E-state index contributed by atoms with van der Waals surface area (Å²) in [7, 11) is 0. The molecule has 3 heteroatoms. The zero-order valence-electron chi connectivity index (χ0n) is 11.3. The summed E-state index contributed by atoms with van der Waals surface area (Å²) in [5, 5.41) is 6.54. The summed E-state index contributed by atoms with van der Waals surface area (Å²) in [5.74, 6) is 0.0279. The second-order valence-corrected chi connectivity index (χ2v) is 5.13. The van der Waals surface area contributed by atoms with E-state index in [9.17, 15) is 4.79 Å². The number of hydrogen-bond donors (Lipinski definition) is 2. The lowest BCUT2D eigenvalue weighted by Gasteiger charge is -2.23. The molecule has 0 radical (unpaired) electrons. The van der Waals surface area contributed by atoms with Crippen LogP contribution in [0.15, 0.2) is 54.6 Å². The van der Waals surface area contributed by atoms with Gasteiger partial charge in [0.25, 0.3) is 5.91 Å². The molecular formula is C17H18N2O. The molecule has 0 saturated heterocycles. The Morgan fingerprint density at radius 1 is 1.00 bits per heavy atom. The Kier molecular flexibility index (Phi) is 3.79. The molecule has 0 aromatic heterocycles. The van der Waals surface area contributed by atoms with Gasteiger partial charge in [-0.2, -0.15) is 0 Å². The Hall–Kier alpha value is -2.13. The average Bonchev–Trinajstić information content (AvgIpc) is 2.49. The van der Waals surface area contributed by atoms with Crippen LogP contribution in [0.25, 0.3) is 0 Å². The molecule has 0 aliphatic carbocycles. The molecule has 3 nitrogen and oxygen atoms in total. The Bertz CT molecular complexity index is 595. The van der Waals surface area contributed by atoms with Gasteiger partial charge >= 0.3 is 0 Å². The number of amides is 1. The quantitative estimate of drug-likeness (QED) is 0.874. The smallest absolute Gasteiger partial charge is 0.251 e. The minimum atomic E-state index is 0.0279. The van der Waals surface area contributed by atoms with E-state index in [2.05, 4.69) is 22.8 Å². The van der Waals surface area contributed by atoms with E-state index in [4.69, 9.17) is 0 Å². The minimum Gasteiger partial charge on any atom is -0.350 e. The van der Waals surface area contributed by atoms with Crippen LogP contribution in [0, 0.1) is 0 Å². The normalized spacial score (nSPS) is 18.6. The van der Waals surface area contributed by atoms with E-state index >= 15 is 0 Å². The van der Waals surface area contributed by atoms with Crippen molar-refractivity contribution in [1.29, 1.82) is 0 Å². The first-order valence-electron chi connectivity index (χ1n) is 6.96. The zero-order chi connectivity index (χ0) is 13.8. The molecule has 1 aliphatic rings. The molecule has 1 heterocycles. The van der Waals surface area contributed by atoms with E-state index in [0.717, 1.165) is 24.1 Å². The maximum atomic E-state index is 12.1. The molecule has 1 atom stereocenters. The van der Waals surface area contributed by atoms with Gasteiger partial charge in [-0.05, 0) is 23.6 Å². The van der Waals surface area contributed by atoms with Crippen molar-refractivity contribution in [3.05, 3.63) is 71.3 Å². The Balaban J connectivity index is 1.74. The van der Waals surface area contributed by atoms with Gasteiger partial charge in [0.05, 0.1) is 0 Å². The molecule has 0 spiro atoms. The molecule has 1 unspecified atom stereocenters. The van der Waals surface area contributed by atoms with Crippen LogP contribution in [-0.2, 0) is 13.0 Å². The first kappa shape index (κ1) is 12.9. The summed E-state index contributed by atoms with van der Waals surface area (Å²) >= 11 is 0. The Morgan fingerprint density at radius 2 is 1.75 bits per heavy atom. The fourth-order valence-corrected chi connectivity index (χ4v) is 2.58. The van der Waals surface area contributed by atoms with E-state index in [-0.39, 0.29) is 11.9 Å². The second kappa shape index (κ2) is 5.88. The van der Waals surface area contributed by atoms with Gasteiger partial charge in [0.2, 0.25) is 0 Å². The summed E-state index contributed by atoms with van der Waals surface area (Å²) in [6.07, 6.45) is 0.920. The number of nitrogens with one attached hydrogen (secondary N) is 2. The standard InChI is InChI=1S/C17H18N2O/c20-17-16-9-5-4-8-14(16)11-18-15(12-19-17)10-13-6-2-1-3-7-13/h1-9,15,18H,10-12H2,(H,19,20). The predicted molar refractivity (Wildman–Crippen MR) is 79.5 cm³/mol. The predicted octanol–water partition coefficient (Wildman–Crippen LogP) is 2.13. The SMILES string of the molecule is O=C1NCC(Cc2ccccc2)NCc2ccccc21. The number of rotatable bonds is 2. The van der Waals surface area contributed by atoms with Gasteiger partial charge < -0.3 is 10.6 Å².